The Morgan fingerprint density at radius 1 is 0.833 bits per heavy atom. The van der Waals surface area contributed by atoms with Gasteiger partial charge in [-0.25, -0.2) is 0 Å². The largest absolute Gasteiger partial charge is 0.493 e. The summed E-state index contributed by atoms with van der Waals surface area (Å²) in [6.45, 7) is 2.49. The van der Waals surface area contributed by atoms with Crippen LogP contribution in [0.25, 0.3) is 33.4 Å². The van der Waals surface area contributed by atoms with Gasteiger partial charge in [-0.15, -0.1) is 22.6 Å². The molecule has 0 saturated heterocycles. The second-order valence-electron chi connectivity index (χ2n) is 7.96. The number of ether oxygens (including phenoxy) is 3. The number of methoxy groups -OCH3 is 2. The van der Waals surface area contributed by atoms with Crippen LogP contribution in [0.3, 0.4) is 0 Å². The zero-order valence-electron chi connectivity index (χ0n) is 20.2. The van der Waals surface area contributed by atoms with E-state index in [0.29, 0.717) is 23.9 Å². The molecule has 0 saturated carbocycles. The van der Waals surface area contributed by atoms with E-state index in [1.807, 2.05) is 42.5 Å². The Morgan fingerprint density at radius 2 is 1.56 bits per heavy atom. The van der Waals surface area contributed by atoms with Crippen molar-refractivity contribution < 1.29 is 14.2 Å². The monoisotopic (exact) mass is 503 g/mol. The van der Waals surface area contributed by atoms with Crippen LogP contribution in [0.2, 0.25) is 0 Å². The third-order valence-corrected chi connectivity index (χ3v) is 5.86. The quantitative estimate of drug-likeness (QED) is 0.292. The van der Waals surface area contributed by atoms with Crippen LogP contribution in [-0.2, 0) is 13.0 Å². The highest BCUT2D eigenvalue weighted by Crippen LogP contribution is 2.36. The van der Waals surface area contributed by atoms with Crippen molar-refractivity contribution >= 4 is 23.3 Å². The molecule has 2 aromatic heterocycles. The molecule has 9 heteroatoms. The first-order chi connectivity index (χ1) is 17.2. The van der Waals surface area contributed by atoms with Crippen molar-refractivity contribution in [3.8, 4) is 39.8 Å². The molecule has 0 atom stereocenters. The molecule has 5 rings (SSSR count). The number of pyridine rings is 1. The average molecular weight is 504 g/mol. The number of benzene rings is 3. The van der Waals surface area contributed by atoms with E-state index < -0.39 is 0 Å². The van der Waals surface area contributed by atoms with E-state index in [2.05, 4.69) is 51.8 Å². The van der Waals surface area contributed by atoms with Crippen molar-refractivity contribution in [1.29, 1.82) is 0 Å². The van der Waals surface area contributed by atoms with Crippen molar-refractivity contribution in [1.82, 2.24) is 25.6 Å². The van der Waals surface area contributed by atoms with Gasteiger partial charge in [-0.3, -0.25) is 4.98 Å². The highest BCUT2D eigenvalue weighted by atomic mass is 35.5. The van der Waals surface area contributed by atoms with E-state index in [-0.39, 0.29) is 12.4 Å². The second kappa shape index (κ2) is 11.0. The molecule has 5 aromatic rings. The van der Waals surface area contributed by atoms with Gasteiger partial charge in [0.25, 0.3) is 0 Å². The van der Waals surface area contributed by atoms with Gasteiger partial charge in [-0.2, -0.15) is 5.21 Å². The Hall–Kier alpha value is -4.17. The van der Waals surface area contributed by atoms with Crippen molar-refractivity contribution in [2.75, 3.05) is 14.2 Å². The number of fused-ring (bicyclic) bond motifs is 1. The smallest absolute Gasteiger partial charge is 0.205 e. The molecule has 3 aromatic carbocycles. The van der Waals surface area contributed by atoms with Gasteiger partial charge in [0.2, 0.25) is 5.82 Å². The third kappa shape index (κ3) is 4.94. The van der Waals surface area contributed by atoms with Gasteiger partial charge in [0.05, 0.1) is 19.7 Å². The zero-order valence-corrected chi connectivity index (χ0v) is 21.0. The summed E-state index contributed by atoms with van der Waals surface area (Å²) in [6, 6.07) is 22.1. The fourth-order valence-corrected chi connectivity index (χ4v) is 4.02. The van der Waals surface area contributed by atoms with Gasteiger partial charge in [0, 0.05) is 28.8 Å². The fourth-order valence-electron chi connectivity index (χ4n) is 4.02. The number of rotatable bonds is 8. The lowest BCUT2D eigenvalue weighted by atomic mass is 9.98. The third-order valence-electron chi connectivity index (χ3n) is 5.86. The van der Waals surface area contributed by atoms with E-state index in [1.165, 1.54) is 0 Å². The maximum Gasteiger partial charge on any atom is 0.205 e. The number of nitrogens with one attached hydrogen (secondary N) is 1. The second-order valence-corrected chi connectivity index (χ2v) is 7.96. The van der Waals surface area contributed by atoms with Crippen molar-refractivity contribution in [2.24, 2.45) is 0 Å². The Bertz CT molecular complexity index is 1460. The lowest BCUT2D eigenvalue weighted by Crippen LogP contribution is -2.00. The van der Waals surface area contributed by atoms with Crippen LogP contribution >= 0.6 is 12.4 Å². The number of hydrogen-bond acceptors (Lipinski definition) is 7. The number of hydrogen-bond donors (Lipinski definition) is 1. The first kappa shape index (κ1) is 24.9. The molecule has 0 fully saturated rings. The molecule has 0 aliphatic rings. The molecule has 0 aliphatic carbocycles. The molecule has 0 spiro atoms. The van der Waals surface area contributed by atoms with Gasteiger partial charge in [0.1, 0.15) is 12.4 Å². The van der Waals surface area contributed by atoms with Crippen LogP contribution in [0.5, 0.6) is 17.2 Å². The van der Waals surface area contributed by atoms with Crippen LogP contribution < -0.4 is 14.2 Å². The number of nitrogens with zero attached hydrogens (tertiary/aromatic N) is 4. The Labute approximate surface area is 215 Å². The Balaban J connectivity index is 0.00000304. The lowest BCUT2D eigenvalue weighted by molar-refractivity contribution is 0.309. The minimum absolute atomic E-state index is 0. The summed E-state index contributed by atoms with van der Waals surface area (Å²) in [5.41, 5.74) is 5.83. The first-order valence-corrected chi connectivity index (χ1v) is 11.3. The molecular formula is C27H26ClN5O3. The molecule has 36 heavy (non-hydrogen) atoms. The molecule has 2 heterocycles. The summed E-state index contributed by atoms with van der Waals surface area (Å²) in [5, 5.41) is 15.3. The molecular weight excluding hydrogens is 478 g/mol. The van der Waals surface area contributed by atoms with Crippen LogP contribution in [0, 0.1) is 0 Å². The molecule has 1 N–H and O–H groups in total. The van der Waals surface area contributed by atoms with Gasteiger partial charge in [-0.1, -0.05) is 55.5 Å². The summed E-state index contributed by atoms with van der Waals surface area (Å²) in [7, 11) is 3.24. The van der Waals surface area contributed by atoms with Gasteiger partial charge in [0.15, 0.2) is 11.5 Å². The summed E-state index contributed by atoms with van der Waals surface area (Å²) in [6.07, 6.45) is 0.801. The fraction of sp³-hybridized carbons (Fsp3) is 0.185. The molecule has 0 bridgehead atoms. The molecule has 184 valence electrons. The number of aromatic nitrogens is 5. The van der Waals surface area contributed by atoms with E-state index in [1.54, 1.807) is 14.2 Å². The maximum atomic E-state index is 6.28. The first-order valence-electron chi connectivity index (χ1n) is 11.3. The van der Waals surface area contributed by atoms with E-state index in [0.717, 1.165) is 51.0 Å². The van der Waals surface area contributed by atoms with Crippen molar-refractivity contribution in [2.45, 2.75) is 20.0 Å². The predicted octanol–water partition coefficient (Wildman–Crippen LogP) is 5.66. The van der Waals surface area contributed by atoms with E-state index >= 15 is 0 Å². The molecule has 0 amide bonds. The van der Waals surface area contributed by atoms with Crippen LogP contribution in [0.4, 0.5) is 0 Å². The van der Waals surface area contributed by atoms with Crippen LogP contribution in [0.1, 0.15) is 18.2 Å². The SMILES string of the molecule is CCc1cc(OCc2ccc(-c3ccccc3-c3nn[nH]n3)cc2)c2cc(OC)c(OC)cc2n1.Cl. The average Bonchev–Trinajstić information content (AvgIpc) is 3.46. The van der Waals surface area contributed by atoms with E-state index in [4.69, 9.17) is 19.2 Å². The Morgan fingerprint density at radius 3 is 2.22 bits per heavy atom. The normalized spacial score (nSPS) is 10.6. The Kier molecular flexibility index (Phi) is 7.65. The van der Waals surface area contributed by atoms with Crippen molar-refractivity contribution in [3.05, 3.63) is 78.0 Å². The number of tetrazole rings is 1. The van der Waals surface area contributed by atoms with Crippen molar-refractivity contribution in [3.63, 3.8) is 0 Å². The highest BCUT2D eigenvalue weighted by molar-refractivity contribution is 5.88. The summed E-state index contributed by atoms with van der Waals surface area (Å²) in [4.78, 5) is 4.74. The number of halogens is 1. The topological polar surface area (TPSA) is 95.0 Å². The number of aromatic amines is 1. The summed E-state index contributed by atoms with van der Waals surface area (Å²) < 4.78 is 17.2. The minimum atomic E-state index is 0. The van der Waals surface area contributed by atoms with Gasteiger partial charge in [-0.05, 0) is 34.4 Å². The maximum absolute atomic E-state index is 6.28. The highest BCUT2D eigenvalue weighted by Gasteiger charge is 2.14. The van der Waals surface area contributed by atoms with Crippen LogP contribution in [0.15, 0.2) is 66.7 Å². The molecule has 0 aliphatic heterocycles. The van der Waals surface area contributed by atoms with Gasteiger partial charge < -0.3 is 14.2 Å². The summed E-state index contributed by atoms with van der Waals surface area (Å²) in [5.74, 6) is 2.61. The zero-order chi connectivity index (χ0) is 24.2. The number of aryl methyl sites for hydroxylation is 1. The summed E-state index contributed by atoms with van der Waals surface area (Å²) >= 11 is 0. The molecule has 0 radical (unpaired) electrons. The standard InChI is InChI=1S/C27H25N5O3.ClH/c1-4-19-13-24(22-14-25(33-2)26(34-3)15-23(22)28-19)35-16-17-9-11-18(12-10-17)20-7-5-6-8-21(20)27-29-31-32-30-27;/h5-15H,4,16H2,1-3H3,(H,29,30,31,32);1H. The van der Waals surface area contributed by atoms with Crippen LogP contribution in [-0.4, -0.2) is 39.8 Å². The number of H-pyrrole nitrogens is 1. The van der Waals surface area contributed by atoms with Gasteiger partial charge >= 0.3 is 0 Å². The predicted molar refractivity (Wildman–Crippen MR) is 141 cm³/mol. The van der Waals surface area contributed by atoms with E-state index in [9.17, 15) is 0 Å². The minimum Gasteiger partial charge on any atom is -0.493 e. The molecule has 8 nitrogen and oxygen atoms in total. The lowest BCUT2D eigenvalue weighted by Gasteiger charge is -2.14. The molecule has 0 unspecified atom stereocenters.